The van der Waals surface area contributed by atoms with Crippen molar-refractivity contribution >= 4 is 62.0 Å². The molecule has 0 aliphatic carbocycles. The molecule has 0 bridgehead atoms. The normalized spacial score (nSPS) is 13.1. The SMILES string of the molecule is CC[Si](CC)(CC)OC(CNC(=O)COc1ccc(Br)cc1OC)c1ccc(OCOCC[Si](C)(C)C)c(N(COCC[Si](C)(C)C)S(C)(=O)=O)c1. The van der Waals surface area contributed by atoms with E-state index >= 15 is 0 Å². The molecule has 16 heteroatoms. The van der Waals surface area contributed by atoms with Gasteiger partial charge >= 0.3 is 0 Å². The van der Waals surface area contributed by atoms with E-state index in [0.717, 1.165) is 40.9 Å². The lowest BCUT2D eigenvalue weighted by atomic mass is 10.1. The summed E-state index contributed by atoms with van der Waals surface area (Å²) in [5.74, 6) is 0.963. The molecule has 0 aliphatic rings. The van der Waals surface area contributed by atoms with Crippen LogP contribution < -0.4 is 23.8 Å². The van der Waals surface area contributed by atoms with Crippen molar-refractivity contribution < 1.29 is 41.3 Å². The number of benzene rings is 2. The fourth-order valence-electron chi connectivity index (χ4n) is 5.15. The zero-order chi connectivity index (χ0) is 39.2. The van der Waals surface area contributed by atoms with Crippen LogP contribution in [0.4, 0.5) is 5.69 Å². The predicted molar refractivity (Wildman–Crippen MR) is 223 cm³/mol. The van der Waals surface area contributed by atoms with Gasteiger partial charge in [-0.2, -0.15) is 0 Å². The van der Waals surface area contributed by atoms with Crippen molar-refractivity contribution in [2.24, 2.45) is 0 Å². The Balaban J connectivity index is 2.47. The molecule has 0 spiro atoms. The minimum Gasteiger partial charge on any atom is -0.493 e. The van der Waals surface area contributed by atoms with Gasteiger partial charge in [-0.3, -0.25) is 4.79 Å². The van der Waals surface area contributed by atoms with Gasteiger partial charge in [0.1, 0.15) is 12.5 Å². The van der Waals surface area contributed by atoms with Gasteiger partial charge in [0.2, 0.25) is 10.0 Å². The number of sulfonamides is 1. The third-order valence-electron chi connectivity index (χ3n) is 8.82. The lowest BCUT2D eigenvalue weighted by molar-refractivity contribution is -0.123. The third-order valence-corrected chi connectivity index (χ3v) is 18.5. The van der Waals surface area contributed by atoms with Crippen molar-refractivity contribution in [2.45, 2.75) is 96.4 Å². The van der Waals surface area contributed by atoms with Crippen LogP contribution in [0.25, 0.3) is 0 Å². The van der Waals surface area contributed by atoms with Crippen LogP contribution >= 0.6 is 15.9 Å². The molecule has 2 rings (SSSR count). The molecular weight excluding hydrogens is 801 g/mol. The highest BCUT2D eigenvalue weighted by atomic mass is 79.9. The Morgan fingerprint density at radius 3 is 2.00 bits per heavy atom. The Labute approximate surface area is 324 Å². The van der Waals surface area contributed by atoms with Crippen LogP contribution in [0.2, 0.25) is 69.5 Å². The third kappa shape index (κ3) is 16.2. The maximum Gasteiger partial charge on any atom is 0.258 e. The van der Waals surface area contributed by atoms with Gasteiger partial charge in [-0.05, 0) is 66.1 Å². The monoisotopic (exact) mass is 862 g/mol. The highest BCUT2D eigenvalue weighted by molar-refractivity contribution is 9.10. The van der Waals surface area contributed by atoms with E-state index in [0.29, 0.717) is 41.7 Å². The fraction of sp³-hybridized carbons (Fsp3) is 0.639. The summed E-state index contributed by atoms with van der Waals surface area (Å²) in [6.45, 7) is 20.7. The lowest BCUT2D eigenvalue weighted by Gasteiger charge is -2.34. The standard InChI is InChI=1S/C36H63BrN2O9SSi3/c1-12-52(13-2,14-3)48-35(25-38-36(40)26-46-33-18-16-30(37)24-34(33)43-4)29-15-17-32(47-28-45-20-22-51(9,10)11)31(23-29)39(49(5,41)42)27-44-19-21-50(6,7)8/h15-18,23-24,35H,12-14,19-22,25-28H2,1-11H3,(H,38,40). The van der Waals surface area contributed by atoms with E-state index in [1.165, 1.54) is 4.31 Å². The maximum absolute atomic E-state index is 13.3. The number of carbonyl (C=O) groups is 1. The fourth-order valence-corrected chi connectivity index (χ4v) is 10.6. The summed E-state index contributed by atoms with van der Waals surface area (Å²) < 4.78 is 64.8. The van der Waals surface area contributed by atoms with Crippen LogP contribution in [0, 0.1) is 0 Å². The number of amides is 1. The number of halogens is 1. The second-order valence-electron chi connectivity index (χ2n) is 15.4. The van der Waals surface area contributed by atoms with Crippen molar-refractivity contribution in [3.05, 3.63) is 46.4 Å². The quantitative estimate of drug-likeness (QED) is 0.0595. The highest BCUT2D eigenvalue weighted by Gasteiger charge is 2.34. The number of hydrogen-bond donors (Lipinski definition) is 1. The minimum absolute atomic E-state index is 0.0262. The first-order valence-corrected chi connectivity index (χ1v) is 30.7. The molecule has 1 amide bonds. The smallest absolute Gasteiger partial charge is 0.258 e. The zero-order valence-electron chi connectivity index (χ0n) is 33.2. The van der Waals surface area contributed by atoms with E-state index in [9.17, 15) is 13.2 Å². The summed E-state index contributed by atoms with van der Waals surface area (Å²) in [5.41, 5.74) is 1.03. The van der Waals surface area contributed by atoms with E-state index in [4.69, 9.17) is 28.1 Å². The Morgan fingerprint density at radius 2 is 1.44 bits per heavy atom. The molecule has 296 valence electrons. The molecule has 0 heterocycles. The molecule has 52 heavy (non-hydrogen) atoms. The van der Waals surface area contributed by atoms with E-state index in [1.807, 2.05) is 12.1 Å². The summed E-state index contributed by atoms with van der Waals surface area (Å²) >= 11 is 3.42. The Bertz CT molecular complexity index is 1510. The largest absolute Gasteiger partial charge is 0.493 e. The second kappa shape index (κ2) is 21.2. The van der Waals surface area contributed by atoms with Gasteiger partial charge in [0.25, 0.3) is 5.91 Å². The van der Waals surface area contributed by atoms with Gasteiger partial charge in [-0.25, -0.2) is 12.7 Å². The van der Waals surface area contributed by atoms with E-state index < -0.39 is 40.6 Å². The summed E-state index contributed by atoms with van der Waals surface area (Å²) in [4.78, 5) is 13.1. The Hall–Kier alpha value is -1.93. The molecule has 2 aromatic rings. The molecule has 0 aromatic heterocycles. The summed E-state index contributed by atoms with van der Waals surface area (Å²) in [6, 6.07) is 15.2. The van der Waals surface area contributed by atoms with Crippen LogP contribution in [-0.2, 0) is 28.7 Å². The molecule has 1 unspecified atom stereocenters. The average molecular weight is 864 g/mol. The van der Waals surface area contributed by atoms with Gasteiger partial charge in [0.15, 0.2) is 33.2 Å². The lowest BCUT2D eigenvalue weighted by Crippen LogP contribution is -2.41. The van der Waals surface area contributed by atoms with Gasteiger partial charge in [0.05, 0.1) is 25.2 Å². The predicted octanol–water partition coefficient (Wildman–Crippen LogP) is 8.49. The van der Waals surface area contributed by atoms with Crippen molar-refractivity contribution in [2.75, 3.05) is 57.6 Å². The average Bonchev–Trinajstić information content (AvgIpc) is 3.06. The van der Waals surface area contributed by atoms with E-state index in [-0.39, 0.29) is 32.6 Å². The topological polar surface area (TPSA) is 122 Å². The number of hydrogen-bond acceptors (Lipinski definition) is 9. The Kier molecular flexibility index (Phi) is 18.9. The van der Waals surface area contributed by atoms with Gasteiger partial charge in [-0.15, -0.1) is 0 Å². The molecular formula is C36H63BrN2O9SSi3. The van der Waals surface area contributed by atoms with Crippen LogP contribution in [0.15, 0.2) is 40.9 Å². The molecule has 0 fully saturated rings. The van der Waals surface area contributed by atoms with Gasteiger partial charge in [0, 0.05) is 40.4 Å². The van der Waals surface area contributed by atoms with Crippen LogP contribution in [0.1, 0.15) is 32.4 Å². The molecule has 1 atom stereocenters. The van der Waals surface area contributed by atoms with Crippen LogP contribution in [0.5, 0.6) is 17.2 Å². The number of ether oxygens (including phenoxy) is 5. The molecule has 0 radical (unpaired) electrons. The van der Waals surface area contributed by atoms with Crippen LogP contribution in [-0.4, -0.2) is 92.0 Å². The molecule has 0 saturated heterocycles. The van der Waals surface area contributed by atoms with Crippen molar-refractivity contribution in [1.29, 1.82) is 0 Å². The van der Waals surface area contributed by atoms with Gasteiger partial charge < -0.3 is 33.4 Å². The number of carbonyl (C=O) groups excluding carboxylic acids is 1. The summed E-state index contributed by atoms with van der Waals surface area (Å²) in [7, 11) is -7.18. The number of methoxy groups -OCH3 is 1. The van der Waals surface area contributed by atoms with Crippen LogP contribution in [0.3, 0.4) is 0 Å². The molecule has 0 aliphatic heterocycles. The second-order valence-corrected chi connectivity index (χ2v) is 34.2. The van der Waals surface area contributed by atoms with Crippen molar-refractivity contribution in [1.82, 2.24) is 5.32 Å². The summed E-state index contributed by atoms with van der Waals surface area (Å²) in [6.07, 6.45) is 0.598. The number of nitrogens with zero attached hydrogens (tertiary/aromatic N) is 1. The number of nitrogens with one attached hydrogen (secondary N) is 1. The Morgan fingerprint density at radius 1 is 0.846 bits per heavy atom. The zero-order valence-corrected chi connectivity index (χ0v) is 38.6. The first kappa shape index (κ1) is 46.2. The summed E-state index contributed by atoms with van der Waals surface area (Å²) in [5, 5.41) is 2.99. The van der Waals surface area contributed by atoms with Gasteiger partial charge in [-0.1, -0.05) is 82.0 Å². The first-order valence-electron chi connectivity index (χ1n) is 18.1. The molecule has 1 N–H and O–H groups in total. The van der Waals surface area contributed by atoms with E-state index in [2.05, 4.69) is 81.3 Å². The van der Waals surface area contributed by atoms with E-state index in [1.54, 1.807) is 31.4 Å². The highest BCUT2D eigenvalue weighted by Crippen LogP contribution is 2.37. The number of rotatable bonds is 25. The van der Waals surface area contributed by atoms with Crippen molar-refractivity contribution in [3.63, 3.8) is 0 Å². The number of anilines is 1. The molecule has 11 nitrogen and oxygen atoms in total. The minimum atomic E-state index is -3.80. The van der Waals surface area contributed by atoms with Crippen molar-refractivity contribution in [3.8, 4) is 17.2 Å². The maximum atomic E-state index is 13.3. The molecule has 2 aromatic carbocycles. The first-order chi connectivity index (χ1) is 24.3. The molecule has 0 saturated carbocycles.